The Labute approximate surface area is 158 Å². The molecule has 0 bridgehead atoms. The van der Waals surface area contributed by atoms with Crippen molar-refractivity contribution in [2.45, 2.75) is 0 Å². The summed E-state index contributed by atoms with van der Waals surface area (Å²) in [5.41, 5.74) is 0.504. The number of ether oxygens (including phenoxy) is 5. The lowest BCUT2D eigenvalue weighted by Crippen LogP contribution is -2.32. The van der Waals surface area contributed by atoms with Crippen LogP contribution < -0.4 is 34.3 Å². The van der Waals surface area contributed by atoms with Crippen LogP contribution in [-0.2, 0) is 0 Å². The van der Waals surface area contributed by atoms with E-state index >= 15 is 0 Å². The lowest BCUT2D eigenvalue weighted by molar-refractivity contribution is 0.245. The maximum atomic E-state index is 12.1. The summed E-state index contributed by atoms with van der Waals surface area (Å²) in [7, 11) is 6.18. The first-order valence-electron chi connectivity index (χ1n) is 8.23. The first-order valence-corrected chi connectivity index (χ1v) is 8.23. The largest absolute Gasteiger partial charge is 0.497 e. The van der Waals surface area contributed by atoms with Gasteiger partial charge in [0.25, 0.3) is 0 Å². The third-order valence-corrected chi connectivity index (χ3v) is 3.67. The Bertz CT molecular complexity index is 766. The summed E-state index contributed by atoms with van der Waals surface area (Å²) < 4.78 is 26.6. The van der Waals surface area contributed by atoms with Crippen molar-refractivity contribution in [2.75, 3.05) is 46.9 Å². The summed E-state index contributed by atoms with van der Waals surface area (Å²) in [6.45, 7) is 0.546. The first kappa shape index (κ1) is 20.0. The monoisotopic (exact) mass is 376 g/mol. The quantitative estimate of drug-likeness (QED) is 0.655. The van der Waals surface area contributed by atoms with Crippen LogP contribution in [0.1, 0.15) is 0 Å². The standard InChI is InChI=1S/C19H24N2O6/c1-23-13-8-9-15(24-2)14(12-13)21-19(22)20-10-11-27-17-7-5-6-16(25-3)18(17)26-4/h5-9,12H,10-11H2,1-4H3,(H2,20,21,22). The second-order valence-electron chi connectivity index (χ2n) is 5.29. The van der Waals surface area contributed by atoms with Gasteiger partial charge in [0.05, 0.1) is 40.7 Å². The van der Waals surface area contributed by atoms with Crippen LogP contribution in [0.15, 0.2) is 36.4 Å². The number of carbonyl (C=O) groups excluding carboxylic acids is 1. The number of methoxy groups -OCH3 is 4. The number of anilines is 1. The number of rotatable bonds is 9. The summed E-state index contributed by atoms with van der Waals surface area (Å²) in [4.78, 5) is 12.1. The molecular formula is C19H24N2O6. The summed E-state index contributed by atoms with van der Waals surface area (Å²) in [6.07, 6.45) is 0. The van der Waals surface area contributed by atoms with Gasteiger partial charge in [-0.15, -0.1) is 0 Å². The molecule has 8 heteroatoms. The molecule has 2 N–H and O–H groups in total. The van der Waals surface area contributed by atoms with Crippen LogP contribution >= 0.6 is 0 Å². The molecule has 2 amide bonds. The van der Waals surface area contributed by atoms with Gasteiger partial charge in [0, 0.05) is 6.07 Å². The van der Waals surface area contributed by atoms with Gasteiger partial charge < -0.3 is 34.3 Å². The number of nitrogens with one attached hydrogen (secondary N) is 2. The van der Waals surface area contributed by atoms with Crippen molar-refractivity contribution in [3.05, 3.63) is 36.4 Å². The molecule has 0 aromatic heterocycles. The van der Waals surface area contributed by atoms with Crippen molar-refractivity contribution >= 4 is 11.7 Å². The van der Waals surface area contributed by atoms with Crippen molar-refractivity contribution in [1.29, 1.82) is 0 Å². The molecular weight excluding hydrogens is 352 g/mol. The van der Waals surface area contributed by atoms with E-state index in [1.54, 1.807) is 50.6 Å². The zero-order valence-electron chi connectivity index (χ0n) is 15.8. The highest BCUT2D eigenvalue weighted by molar-refractivity contribution is 5.91. The molecule has 0 radical (unpaired) electrons. The van der Waals surface area contributed by atoms with E-state index in [9.17, 15) is 4.79 Å². The molecule has 0 aliphatic rings. The number of para-hydroxylation sites is 1. The second-order valence-corrected chi connectivity index (χ2v) is 5.29. The van der Waals surface area contributed by atoms with Gasteiger partial charge in [0.2, 0.25) is 5.75 Å². The predicted molar refractivity (Wildman–Crippen MR) is 102 cm³/mol. The van der Waals surface area contributed by atoms with Crippen LogP contribution in [-0.4, -0.2) is 47.6 Å². The van der Waals surface area contributed by atoms with Crippen LogP contribution in [0, 0.1) is 0 Å². The normalized spacial score (nSPS) is 9.93. The number of amides is 2. The van der Waals surface area contributed by atoms with Crippen molar-refractivity contribution in [2.24, 2.45) is 0 Å². The molecule has 0 heterocycles. The summed E-state index contributed by atoms with van der Waals surface area (Å²) >= 11 is 0. The molecule has 0 saturated carbocycles. The molecule has 2 aromatic carbocycles. The maximum absolute atomic E-state index is 12.1. The molecule has 0 atom stereocenters. The SMILES string of the molecule is COc1ccc(OC)c(NC(=O)NCCOc2cccc(OC)c2OC)c1. The number of hydrogen-bond acceptors (Lipinski definition) is 6. The summed E-state index contributed by atoms with van der Waals surface area (Å²) in [5.74, 6) is 2.76. The van der Waals surface area contributed by atoms with Gasteiger partial charge in [-0.25, -0.2) is 4.79 Å². The zero-order valence-corrected chi connectivity index (χ0v) is 15.8. The topological polar surface area (TPSA) is 87.3 Å². The van der Waals surface area contributed by atoms with Crippen molar-refractivity contribution in [3.63, 3.8) is 0 Å². The van der Waals surface area contributed by atoms with Gasteiger partial charge in [0.15, 0.2) is 11.5 Å². The lowest BCUT2D eigenvalue weighted by atomic mass is 10.2. The van der Waals surface area contributed by atoms with E-state index in [0.29, 0.717) is 41.0 Å². The van der Waals surface area contributed by atoms with E-state index in [1.807, 2.05) is 0 Å². The summed E-state index contributed by atoms with van der Waals surface area (Å²) in [6, 6.07) is 10.1. The van der Waals surface area contributed by atoms with Crippen LogP contribution in [0.5, 0.6) is 28.7 Å². The fourth-order valence-corrected chi connectivity index (χ4v) is 2.38. The third-order valence-electron chi connectivity index (χ3n) is 3.67. The highest BCUT2D eigenvalue weighted by atomic mass is 16.5. The highest BCUT2D eigenvalue weighted by Gasteiger charge is 2.11. The van der Waals surface area contributed by atoms with E-state index in [1.165, 1.54) is 14.2 Å². The minimum atomic E-state index is -0.386. The molecule has 0 aliphatic heterocycles. The van der Waals surface area contributed by atoms with Crippen LogP contribution in [0.4, 0.5) is 10.5 Å². The number of benzene rings is 2. The molecule has 8 nitrogen and oxygen atoms in total. The molecule has 0 unspecified atom stereocenters. The Balaban J connectivity index is 1.87. The van der Waals surface area contributed by atoms with Gasteiger partial charge >= 0.3 is 6.03 Å². The van der Waals surface area contributed by atoms with E-state index in [0.717, 1.165) is 0 Å². The van der Waals surface area contributed by atoms with Crippen LogP contribution in [0.3, 0.4) is 0 Å². The Hall–Kier alpha value is -3.29. The number of carbonyl (C=O) groups is 1. The van der Waals surface area contributed by atoms with Gasteiger partial charge in [-0.2, -0.15) is 0 Å². The van der Waals surface area contributed by atoms with Gasteiger partial charge in [-0.1, -0.05) is 6.07 Å². The fourth-order valence-electron chi connectivity index (χ4n) is 2.38. The van der Waals surface area contributed by atoms with Crippen molar-refractivity contribution < 1.29 is 28.5 Å². The molecule has 27 heavy (non-hydrogen) atoms. The molecule has 0 spiro atoms. The minimum Gasteiger partial charge on any atom is -0.497 e. The van der Waals surface area contributed by atoms with E-state index in [2.05, 4.69) is 10.6 Å². The van der Waals surface area contributed by atoms with E-state index < -0.39 is 0 Å². The Morgan fingerprint density at radius 1 is 0.889 bits per heavy atom. The van der Waals surface area contributed by atoms with Gasteiger partial charge in [-0.3, -0.25) is 0 Å². The molecule has 0 saturated heterocycles. The molecule has 0 fully saturated rings. The molecule has 146 valence electrons. The second kappa shape index (κ2) is 10.0. The molecule has 0 aliphatic carbocycles. The maximum Gasteiger partial charge on any atom is 0.319 e. The lowest BCUT2D eigenvalue weighted by Gasteiger charge is -2.14. The zero-order chi connectivity index (χ0) is 19.6. The fraction of sp³-hybridized carbons (Fsp3) is 0.316. The average Bonchev–Trinajstić information content (AvgIpc) is 2.70. The van der Waals surface area contributed by atoms with Crippen molar-refractivity contribution in [1.82, 2.24) is 5.32 Å². The number of hydrogen-bond donors (Lipinski definition) is 2. The van der Waals surface area contributed by atoms with Crippen LogP contribution in [0.25, 0.3) is 0 Å². The predicted octanol–water partition coefficient (Wildman–Crippen LogP) is 2.92. The Morgan fingerprint density at radius 2 is 1.63 bits per heavy atom. The average molecular weight is 376 g/mol. The van der Waals surface area contributed by atoms with E-state index in [4.69, 9.17) is 23.7 Å². The van der Waals surface area contributed by atoms with Gasteiger partial charge in [0.1, 0.15) is 18.1 Å². The molecule has 2 rings (SSSR count). The Morgan fingerprint density at radius 3 is 2.30 bits per heavy atom. The smallest absolute Gasteiger partial charge is 0.319 e. The minimum absolute atomic E-state index is 0.256. The van der Waals surface area contributed by atoms with Crippen LogP contribution in [0.2, 0.25) is 0 Å². The highest BCUT2D eigenvalue weighted by Crippen LogP contribution is 2.36. The summed E-state index contributed by atoms with van der Waals surface area (Å²) in [5, 5.41) is 5.43. The van der Waals surface area contributed by atoms with Gasteiger partial charge in [-0.05, 0) is 24.3 Å². The molecule has 2 aromatic rings. The third kappa shape index (κ3) is 5.34. The number of urea groups is 1. The van der Waals surface area contributed by atoms with Crippen molar-refractivity contribution in [3.8, 4) is 28.7 Å². The Kier molecular flexibility index (Phi) is 7.42. The first-order chi connectivity index (χ1) is 13.1. The van der Waals surface area contributed by atoms with E-state index in [-0.39, 0.29) is 12.6 Å².